The first kappa shape index (κ1) is 22.0. The Hall–Kier alpha value is -2.77. The van der Waals surface area contributed by atoms with Crippen LogP contribution in [-0.2, 0) is 10.0 Å². The number of piperazine rings is 1. The largest absolute Gasteiger partial charge is 0.290 e. The second-order valence-electron chi connectivity index (χ2n) is 8.13. The molecule has 7 heteroatoms. The van der Waals surface area contributed by atoms with Gasteiger partial charge in [-0.15, -0.1) is 0 Å². The van der Waals surface area contributed by atoms with Crippen molar-refractivity contribution in [2.24, 2.45) is 0 Å². The Morgan fingerprint density at radius 1 is 0.818 bits per heavy atom. The number of sulfonamides is 1. The predicted octanol–water partition coefficient (Wildman–Crippen LogP) is 4.98. The normalized spacial score (nSPS) is 16.6. The molecule has 5 rings (SSSR count). The molecule has 0 N–H and O–H groups in total. The molecule has 168 valence electrons. The first-order valence-corrected chi connectivity index (χ1v) is 12.7. The molecule has 3 aromatic carbocycles. The second kappa shape index (κ2) is 9.23. The van der Waals surface area contributed by atoms with Gasteiger partial charge >= 0.3 is 0 Å². The van der Waals surface area contributed by atoms with Gasteiger partial charge in [-0.3, -0.25) is 9.88 Å². The van der Waals surface area contributed by atoms with Crippen molar-refractivity contribution in [1.82, 2.24) is 14.2 Å². The van der Waals surface area contributed by atoms with Crippen LogP contribution in [0.3, 0.4) is 0 Å². The van der Waals surface area contributed by atoms with Gasteiger partial charge in [0, 0.05) is 49.0 Å². The van der Waals surface area contributed by atoms with Crippen LogP contribution in [0.15, 0.2) is 96.2 Å². The highest BCUT2D eigenvalue weighted by atomic mass is 35.5. The Morgan fingerprint density at radius 3 is 2.30 bits per heavy atom. The highest BCUT2D eigenvalue weighted by Crippen LogP contribution is 2.34. The number of fused-ring (bicyclic) bond motifs is 1. The minimum absolute atomic E-state index is 0.0356. The van der Waals surface area contributed by atoms with Gasteiger partial charge in [0.25, 0.3) is 0 Å². The molecule has 1 aliphatic rings. The lowest BCUT2D eigenvalue weighted by molar-refractivity contribution is 0.156. The van der Waals surface area contributed by atoms with E-state index in [9.17, 15) is 8.42 Å². The lowest BCUT2D eigenvalue weighted by Crippen LogP contribution is -2.49. The summed E-state index contributed by atoms with van der Waals surface area (Å²) in [4.78, 5) is 6.76. The van der Waals surface area contributed by atoms with E-state index in [0.717, 1.165) is 16.5 Å². The maximum absolute atomic E-state index is 13.5. The first-order chi connectivity index (χ1) is 16.1. The molecule has 1 fully saturated rings. The van der Waals surface area contributed by atoms with E-state index in [-0.39, 0.29) is 6.04 Å². The van der Waals surface area contributed by atoms with Crippen LogP contribution in [0, 0.1) is 0 Å². The van der Waals surface area contributed by atoms with E-state index in [0.29, 0.717) is 41.5 Å². The van der Waals surface area contributed by atoms with Crippen LogP contribution < -0.4 is 0 Å². The van der Waals surface area contributed by atoms with Gasteiger partial charge in [-0.05, 0) is 34.7 Å². The van der Waals surface area contributed by atoms with Gasteiger partial charge in [-0.1, -0.05) is 72.3 Å². The SMILES string of the molecule is O=S(=O)(c1cccc2ccncc12)N1CCN(C(c2ccccc2)c2ccccc2Cl)CC1. The molecule has 5 nitrogen and oxygen atoms in total. The van der Waals surface area contributed by atoms with E-state index in [4.69, 9.17) is 11.6 Å². The molecule has 0 radical (unpaired) electrons. The van der Waals surface area contributed by atoms with Crippen molar-refractivity contribution in [3.05, 3.63) is 107 Å². The van der Waals surface area contributed by atoms with Crippen molar-refractivity contribution in [3.8, 4) is 0 Å². The number of benzene rings is 3. The highest BCUT2D eigenvalue weighted by molar-refractivity contribution is 7.89. The van der Waals surface area contributed by atoms with E-state index in [2.05, 4.69) is 22.0 Å². The van der Waals surface area contributed by atoms with E-state index in [1.165, 1.54) is 0 Å². The van der Waals surface area contributed by atoms with E-state index in [1.54, 1.807) is 28.8 Å². The maximum atomic E-state index is 13.5. The smallest absolute Gasteiger partial charge is 0.243 e. The fourth-order valence-electron chi connectivity index (χ4n) is 4.57. The van der Waals surface area contributed by atoms with Gasteiger partial charge in [0.2, 0.25) is 10.0 Å². The summed E-state index contributed by atoms with van der Waals surface area (Å²) < 4.78 is 28.6. The molecule has 0 bridgehead atoms. The summed E-state index contributed by atoms with van der Waals surface area (Å²) >= 11 is 6.59. The molecule has 1 atom stereocenters. The zero-order valence-electron chi connectivity index (χ0n) is 18.0. The van der Waals surface area contributed by atoms with E-state index >= 15 is 0 Å². The number of rotatable bonds is 5. The van der Waals surface area contributed by atoms with E-state index in [1.807, 2.05) is 54.6 Å². The molecule has 1 aromatic heterocycles. The molecule has 0 amide bonds. The number of hydrogen-bond acceptors (Lipinski definition) is 4. The minimum Gasteiger partial charge on any atom is -0.290 e. The first-order valence-electron chi connectivity index (χ1n) is 10.9. The molecule has 1 aliphatic heterocycles. The third-order valence-corrected chi connectivity index (χ3v) is 8.52. The summed E-state index contributed by atoms with van der Waals surface area (Å²) in [5.41, 5.74) is 2.17. The van der Waals surface area contributed by atoms with Crippen molar-refractivity contribution in [2.75, 3.05) is 26.2 Å². The molecule has 1 saturated heterocycles. The minimum atomic E-state index is -3.63. The topological polar surface area (TPSA) is 53.5 Å². The zero-order chi connectivity index (χ0) is 22.8. The highest BCUT2D eigenvalue weighted by Gasteiger charge is 2.33. The molecular formula is C26H24ClN3O2S. The summed E-state index contributed by atoms with van der Waals surface area (Å²) in [7, 11) is -3.63. The molecule has 1 unspecified atom stereocenters. The fourth-order valence-corrected chi connectivity index (χ4v) is 6.43. The Labute approximate surface area is 199 Å². The third-order valence-electron chi connectivity index (χ3n) is 6.21. The van der Waals surface area contributed by atoms with Crippen molar-refractivity contribution >= 4 is 32.4 Å². The van der Waals surface area contributed by atoms with Crippen molar-refractivity contribution < 1.29 is 8.42 Å². The number of aromatic nitrogens is 1. The summed E-state index contributed by atoms with van der Waals surface area (Å²) in [6, 6.07) is 25.3. The third kappa shape index (κ3) is 4.27. The van der Waals surface area contributed by atoms with Crippen LogP contribution in [0.1, 0.15) is 17.2 Å². The van der Waals surface area contributed by atoms with Crippen molar-refractivity contribution in [1.29, 1.82) is 0 Å². The Bertz CT molecular complexity index is 1370. The van der Waals surface area contributed by atoms with Gasteiger partial charge < -0.3 is 0 Å². The monoisotopic (exact) mass is 477 g/mol. The Kier molecular flexibility index (Phi) is 6.17. The van der Waals surface area contributed by atoms with Crippen LogP contribution in [0.5, 0.6) is 0 Å². The van der Waals surface area contributed by atoms with Gasteiger partial charge in [-0.2, -0.15) is 4.31 Å². The summed E-state index contributed by atoms with van der Waals surface area (Å²) in [5.74, 6) is 0. The Morgan fingerprint density at radius 2 is 1.55 bits per heavy atom. The molecule has 0 spiro atoms. The van der Waals surface area contributed by atoms with Crippen LogP contribution >= 0.6 is 11.6 Å². The molecular weight excluding hydrogens is 454 g/mol. The molecule has 2 heterocycles. The molecule has 33 heavy (non-hydrogen) atoms. The van der Waals surface area contributed by atoms with Crippen LogP contribution in [0.2, 0.25) is 5.02 Å². The van der Waals surface area contributed by atoms with Crippen LogP contribution in [-0.4, -0.2) is 48.8 Å². The summed E-state index contributed by atoms with van der Waals surface area (Å²) in [6.45, 7) is 2.03. The lowest BCUT2D eigenvalue weighted by Gasteiger charge is -2.39. The number of nitrogens with zero attached hydrogens (tertiary/aromatic N) is 3. The summed E-state index contributed by atoms with van der Waals surface area (Å²) in [6.07, 6.45) is 3.30. The van der Waals surface area contributed by atoms with Gasteiger partial charge in [0.15, 0.2) is 0 Å². The van der Waals surface area contributed by atoms with E-state index < -0.39 is 10.0 Å². The maximum Gasteiger partial charge on any atom is 0.243 e. The standard InChI is InChI=1S/C26H24ClN3O2S/c27-24-11-5-4-10-22(24)26(21-7-2-1-3-8-21)29-15-17-30(18-16-29)33(31,32)25-12-6-9-20-13-14-28-19-23(20)25/h1-14,19,26H,15-18H2. The number of hydrogen-bond donors (Lipinski definition) is 0. The summed E-state index contributed by atoms with van der Waals surface area (Å²) in [5, 5.41) is 2.23. The molecule has 0 saturated carbocycles. The average Bonchev–Trinajstić information content (AvgIpc) is 2.86. The zero-order valence-corrected chi connectivity index (χ0v) is 19.6. The Balaban J connectivity index is 1.43. The molecule has 0 aliphatic carbocycles. The quantitative estimate of drug-likeness (QED) is 0.406. The van der Waals surface area contributed by atoms with Gasteiger partial charge in [0.05, 0.1) is 10.9 Å². The predicted molar refractivity (Wildman–Crippen MR) is 132 cm³/mol. The van der Waals surface area contributed by atoms with Crippen LogP contribution in [0.4, 0.5) is 0 Å². The van der Waals surface area contributed by atoms with Crippen molar-refractivity contribution in [3.63, 3.8) is 0 Å². The van der Waals surface area contributed by atoms with Crippen LogP contribution in [0.25, 0.3) is 10.8 Å². The molecule has 4 aromatic rings. The number of pyridine rings is 1. The second-order valence-corrected chi connectivity index (χ2v) is 10.4. The van der Waals surface area contributed by atoms with Gasteiger partial charge in [0.1, 0.15) is 0 Å². The van der Waals surface area contributed by atoms with Crippen molar-refractivity contribution in [2.45, 2.75) is 10.9 Å². The van der Waals surface area contributed by atoms with Gasteiger partial charge in [-0.25, -0.2) is 8.42 Å². The lowest BCUT2D eigenvalue weighted by atomic mass is 9.96. The number of halogens is 1. The average molecular weight is 478 g/mol. The fraction of sp³-hybridized carbons (Fsp3) is 0.192.